The Hall–Kier alpha value is -2.20. The molecule has 0 aromatic carbocycles. The van der Waals surface area contributed by atoms with E-state index in [4.69, 9.17) is 10.4 Å². The lowest BCUT2D eigenvalue weighted by Gasteiger charge is -2.32. The van der Waals surface area contributed by atoms with Crippen LogP contribution in [0.25, 0.3) is 0 Å². The molecular weight excluding hydrogens is 246 g/mol. The molecule has 1 aromatic rings. The molecule has 0 spiro atoms. The Labute approximate surface area is 110 Å². The number of hydrogen-bond donors (Lipinski definition) is 2. The van der Waals surface area contributed by atoms with Gasteiger partial charge in [0.05, 0.1) is 6.61 Å². The number of nitrogens with one attached hydrogen (secondary N) is 1. The number of β-amino-alcohol motifs (C(OH)–C–C–N with tert-alkyl or cyclic N) is 1. The highest BCUT2D eigenvalue weighted by atomic mass is 16.3. The molecule has 0 saturated carbocycles. The van der Waals surface area contributed by atoms with Gasteiger partial charge < -0.3 is 15.3 Å². The molecule has 19 heavy (non-hydrogen) atoms. The predicted octanol–water partition coefficient (Wildman–Crippen LogP) is -0.257. The van der Waals surface area contributed by atoms with Crippen molar-refractivity contribution in [1.82, 2.24) is 14.9 Å². The first-order valence-corrected chi connectivity index (χ1v) is 6.13. The first kappa shape index (κ1) is 13.2. The molecule has 1 unspecified atom stereocenters. The van der Waals surface area contributed by atoms with Crippen LogP contribution in [0.3, 0.4) is 0 Å². The van der Waals surface area contributed by atoms with Gasteiger partial charge in [0.2, 0.25) is 5.91 Å². The number of carbonyl (C=O) groups excluding carboxylic acids is 1. The molecule has 1 aromatic heterocycles. The second kappa shape index (κ2) is 6.11. The number of nitrogens with zero attached hydrogens (tertiary/aromatic N) is 4. The van der Waals surface area contributed by atoms with Gasteiger partial charge in [-0.15, -0.1) is 0 Å². The molecule has 0 radical (unpaired) electrons. The summed E-state index contributed by atoms with van der Waals surface area (Å²) < 4.78 is 0. The minimum Gasteiger partial charge on any atom is -0.395 e. The van der Waals surface area contributed by atoms with Crippen molar-refractivity contribution in [2.45, 2.75) is 18.9 Å². The van der Waals surface area contributed by atoms with Crippen molar-refractivity contribution in [3.05, 3.63) is 18.1 Å². The number of aliphatic hydroxyl groups excluding tert-OH is 1. The van der Waals surface area contributed by atoms with Gasteiger partial charge >= 0.3 is 0 Å². The fraction of sp³-hybridized carbons (Fsp3) is 0.500. The van der Waals surface area contributed by atoms with Crippen LogP contribution in [0.5, 0.6) is 0 Å². The number of likely N-dealkylation sites (tertiary alicyclic amines) is 1. The molecule has 7 heteroatoms. The van der Waals surface area contributed by atoms with E-state index in [-0.39, 0.29) is 18.2 Å². The van der Waals surface area contributed by atoms with E-state index in [1.165, 1.54) is 12.4 Å². The summed E-state index contributed by atoms with van der Waals surface area (Å²) in [6, 6.07) is 1.52. The lowest BCUT2D eigenvalue weighted by molar-refractivity contribution is -0.134. The lowest BCUT2D eigenvalue weighted by atomic mass is 10.0. The zero-order chi connectivity index (χ0) is 13.7. The number of nitriles is 1. The van der Waals surface area contributed by atoms with E-state index in [2.05, 4.69) is 15.3 Å². The number of piperidine rings is 1. The summed E-state index contributed by atoms with van der Waals surface area (Å²) in [4.78, 5) is 21.7. The summed E-state index contributed by atoms with van der Waals surface area (Å²) in [5.41, 5.74) is 0.176. The quantitative estimate of drug-likeness (QED) is 0.774. The fourth-order valence-electron chi connectivity index (χ4n) is 2.11. The first-order chi connectivity index (χ1) is 9.26. The molecule has 7 nitrogen and oxygen atoms in total. The maximum Gasteiger partial charge on any atom is 0.245 e. The monoisotopic (exact) mass is 261 g/mol. The molecule has 1 aliphatic heterocycles. The van der Waals surface area contributed by atoms with Gasteiger partial charge in [-0.1, -0.05) is 0 Å². The average molecular weight is 261 g/mol. The van der Waals surface area contributed by atoms with Gasteiger partial charge in [-0.25, -0.2) is 9.97 Å². The third-order valence-electron chi connectivity index (χ3n) is 3.02. The van der Waals surface area contributed by atoms with E-state index in [1.54, 1.807) is 4.90 Å². The van der Waals surface area contributed by atoms with Crippen LogP contribution in [-0.2, 0) is 4.79 Å². The molecule has 1 aliphatic rings. The van der Waals surface area contributed by atoms with E-state index in [0.717, 1.165) is 6.42 Å². The van der Waals surface area contributed by atoms with Crippen LogP contribution in [0.4, 0.5) is 5.82 Å². The van der Waals surface area contributed by atoms with Crippen LogP contribution in [0, 0.1) is 11.3 Å². The standard InChI is InChI=1S/C12H15N5O2/c13-8-10-11(15-4-3-14-10)16-9-2-1-5-17(6-7-18)12(9)19/h3-4,9,18H,1-2,5-7H2,(H,15,16). The summed E-state index contributed by atoms with van der Waals surface area (Å²) in [6.07, 6.45) is 4.44. The normalized spacial score (nSPS) is 19.1. The molecule has 0 aliphatic carbocycles. The zero-order valence-electron chi connectivity index (χ0n) is 10.4. The number of aromatic nitrogens is 2. The number of carbonyl (C=O) groups is 1. The fourth-order valence-corrected chi connectivity index (χ4v) is 2.11. The van der Waals surface area contributed by atoms with Crippen molar-refractivity contribution in [3.8, 4) is 6.07 Å². The molecule has 1 fully saturated rings. The molecule has 0 bridgehead atoms. The van der Waals surface area contributed by atoms with Crippen molar-refractivity contribution < 1.29 is 9.90 Å². The van der Waals surface area contributed by atoms with Gasteiger partial charge in [-0.2, -0.15) is 5.26 Å². The van der Waals surface area contributed by atoms with Crippen molar-refractivity contribution in [2.24, 2.45) is 0 Å². The lowest BCUT2D eigenvalue weighted by Crippen LogP contribution is -2.48. The number of amides is 1. The van der Waals surface area contributed by atoms with Crippen molar-refractivity contribution in [3.63, 3.8) is 0 Å². The van der Waals surface area contributed by atoms with Crippen LogP contribution < -0.4 is 5.32 Å². The highest BCUT2D eigenvalue weighted by Gasteiger charge is 2.29. The van der Waals surface area contributed by atoms with E-state index in [9.17, 15) is 4.79 Å². The Morgan fingerprint density at radius 1 is 1.53 bits per heavy atom. The number of anilines is 1. The Bertz CT molecular complexity index is 497. The number of rotatable bonds is 4. The van der Waals surface area contributed by atoms with Gasteiger partial charge in [0.25, 0.3) is 0 Å². The molecule has 1 saturated heterocycles. The summed E-state index contributed by atoms with van der Waals surface area (Å²) >= 11 is 0. The van der Waals surface area contributed by atoms with Crippen LogP contribution >= 0.6 is 0 Å². The summed E-state index contributed by atoms with van der Waals surface area (Å²) in [6.45, 7) is 0.943. The van der Waals surface area contributed by atoms with Crippen molar-refractivity contribution in [2.75, 3.05) is 25.0 Å². The summed E-state index contributed by atoms with van der Waals surface area (Å²) in [5, 5.41) is 20.8. The molecule has 1 amide bonds. The molecule has 2 heterocycles. The average Bonchev–Trinajstić information content (AvgIpc) is 2.44. The maximum atomic E-state index is 12.1. The van der Waals surface area contributed by atoms with Gasteiger partial charge in [-0.3, -0.25) is 4.79 Å². The maximum absolute atomic E-state index is 12.1. The number of hydrogen-bond acceptors (Lipinski definition) is 6. The second-order valence-electron chi connectivity index (χ2n) is 4.25. The van der Waals surface area contributed by atoms with Gasteiger partial charge in [0.1, 0.15) is 12.1 Å². The van der Waals surface area contributed by atoms with Crippen molar-refractivity contribution in [1.29, 1.82) is 5.26 Å². The Kier molecular flexibility index (Phi) is 4.26. The van der Waals surface area contributed by atoms with Crippen molar-refractivity contribution >= 4 is 11.7 Å². The summed E-state index contributed by atoms with van der Waals surface area (Å²) in [7, 11) is 0. The first-order valence-electron chi connectivity index (χ1n) is 6.13. The molecule has 2 rings (SSSR count). The summed E-state index contributed by atoms with van der Waals surface area (Å²) in [5.74, 6) is 0.254. The van der Waals surface area contributed by atoms with Crippen LogP contribution in [0.15, 0.2) is 12.4 Å². The van der Waals surface area contributed by atoms with E-state index < -0.39 is 6.04 Å². The minimum absolute atomic E-state index is 0.0486. The Balaban J connectivity index is 2.10. The van der Waals surface area contributed by atoms with Gasteiger partial charge in [-0.05, 0) is 12.8 Å². The third-order valence-corrected chi connectivity index (χ3v) is 3.02. The highest BCUT2D eigenvalue weighted by molar-refractivity contribution is 5.85. The topological polar surface area (TPSA) is 102 Å². The van der Waals surface area contributed by atoms with E-state index in [0.29, 0.717) is 25.3 Å². The zero-order valence-corrected chi connectivity index (χ0v) is 10.4. The van der Waals surface area contributed by atoms with Crippen LogP contribution in [0.2, 0.25) is 0 Å². The third kappa shape index (κ3) is 2.98. The second-order valence-corrected chi connectivity index (χ2v) is 4.25. The smallest absolute Gasteiger partial charge is 0.245 e. The molecule has 100 valence electrons. The predicted molar refractivity (Wildman–Crippen MR) is 67.1 cm³/mol. The van der Waals surface area contributed by atoms with E-state index >= 15 is 0 Å². The van der Waals surface area contributed by atoms with Gasteiger partial charge in [0, 0.05) is 25.5 Å². The Morgan fingerprint density at radius 3 is 3.05 bits per heavy atom. The molecule has 2 N–H and O–H groups in total. The highest BCUT2D eigenvalue weighted by Crippen LogP contribution is 2.17. The largest absolute Gasteiger partial charge is 0.395 e. The van der Waals surface area contributed by atoms with Crippen LogP contribution in [0.1, 0.15) is 18.5 Å². The van der Waals surface area contributed by atoms with Crippen LogP contribution in [-0.4, -0.2) is 51.6 Å². The molecule has 1 atom stereocenters. The van der Waals surface area contributed by atoms with Gasteiger partial charge in [0.15, 0.2) is 11.5 Å². The SMILES string of the molecule is N#Cc1nccnc1NC1CCCN(CCO)C1=O. The van der Waals surface area contributed by atoms with E-state index in [1.807, 2.05) is 6.07 Å². The Morgan fingerprint density at radius 2 is 2.32 bits per heavy atom. The minimum atomic E-state index is -0.413. The number of aliphatic hydroxyl groups is 1. The molecular formula is C12H15N5O2.